The SMILES string of the molecule is CCNC(=O)[C@@H](C)NC(=O)C12C[C@H]3C[C@@H](C1)CC(c1ccccc1)(C3)C2. The van der Waals surface area contributed by atoms with E-state index in [0.29, 0.717) is 18.4 Å². The lowest BCUT2D eigenvalue weighted by molar-refractivity contribution is -0.151. The van der Waals surface area contributed by atoms with E-state index in [1.54, 1.807) is 6.92 Å². The molecule has 0 heterocycles. The largest absolute Gasteiger partial charge is 0.355 e. The number of hydrogen-bond donors (Lipinski definition) is 2. The summed E-state index contributed by atoms with van der Waals surface area (Å²) in [6.07, 6.45) is 6.63. The first-order valence-electron chi connectivity index (χ1n) is 10.1. The molecular weight excluding hydrogens is 324 g/mol. The Morgan fingerprint density at radius 1 is 1.12 bits per heavy atom. The van der Waals surface area contributed by atoms with Crippen LogP contribution >= 0.6 is 0 Å². The van der Waals surface area contributed by atoms with E-state index in [1.165, 1.54) is 24.8 Å². The van der Waals surface area contributed by atoms with Gasteiger partial charge in [-0.25, -0.2) is 0 Å². The van der Waals surface area contributed by atoms with Gasteiger partial charge in [-0.2, -0.15) is 0 Å². The van der Waals surface area contributed by atoms with Gasteiger partial charge >= 0.3 is 0 Å². The van der Waals surface area contributed by atoms with Crippen LogP contribution in [-0.4, -0.2) is 24.4 Å². The van der Waals surface area contributed by atoms with Crippen molar-refractivity contribution in [1.82, 2.24) is 10.6 Å². The zero-order chi connectivity index (χ0) is 18.4. The van der Waals surface area contributed by atoms with Crippen molar-refractivity contribution in [2.45, 2.75) is 63.8 Å². The Morgan fingerprint density at radius 2 is 1.77 bits per heavy atom. The molecule has 4 nitrogen and oxygen atoms in total. The first-order chi connectivity index (χ1) is 12.5. The monoisotopic (exact) mass is 354 g/mol. The quantitative estimate of drug-likeness (QED) is 0.853. The van der Waals surface area contributed by atoms with Gasteiger partial charge in [-0.3, -0.25) is 9.59 Å². The van der Waals surface area contributed by atoms with Crippen LogP contribution in [-0.2, 0) is 15.0 Å². The standard InChI is InChI=1S/C22H30N2O2/c1-3-23-19(25)15(2)24-20(26)22-12-16-9-17(13-22)11-21(10-16,14-22)18-7-5-4-6-8-18/h4-8,15-17H,3,9-14H2,1-2H3,(H,23,25)(H,24,26)/t15-,16-,17+,21?,22?/m1/s1. The average Bonchev–Trinajstić information content (AvgIpc) is 2.61. The minimum atomic E-state index is -0.469. The number of carbonyl (C=O) groups is 2. The molecular formula is C22H30N2O2. The second-order valence-corrected chi connectivity index (χ2v) is 8.98. The van der Waals surface area contributed by atoms with Gasteiger partial charge in [0, 0.05) is 6.54 Å². The van der Waals surface area contributed by atoms with Gasteiger partial charge in [0.05, 0.1) is 5.41 Å². The van der Waals surface area contributed by atoms with Crippen LogP contribution in [0.3, 0.4) is 0 Å². The van der Waals surface area contributed by atoms with Crippen LogP contribution < -0.4 is 10.6 Å². The minimum Gasteiger partial charge on any atom is -0.355 e. The van der Waals surface area contributed by atoms with Gasteiger partial charge in [-0.05, 0) is 75.2 Å². The van der Waals surface area contributed by atoms with Crippen LogP contribution in [0.5, 0.6) is 0 Å². The van der Waals surface area contributed by atoms with Crippen molar-refractivity contribution in [2.24, 2.45) is 17.3 Å². The summed E-state index contributed by atoms with van der Waals surface area (Å²) in [6.45, 7) is 4.27. The molecule has 26 heavy (non-hydrogen) atoms. The lowest BCUT2D eigenvalue weighted by atomic mass is 9.42. The Hall–Kier alpha value is -1.84. The van der Waals surface area contributed by atoms with Gasteiger partial charge in [-0.15, -0.1) is 0 Å². The minimum absolute atomic E-state index is 0.0941. The van der Waals surface area contributed by atoms with Crippen LogP contribution in [0.2, 0.25) is 0 Å². The molecule has 4 saturated carbocycles. The van der Waals surface area contributed by atoms with Crippen molar-refractivity contribution in [3.8, 4) is 0 Å². The molecule has 4 aliphatic carbocycles. The predicted molar refractivity (Wildman–Crippen MR) is 102 cm³/mol. The number of carbonyl (C=O) groups excluding carboxylic acids is 2. The number of likely N-dealkylation sites (N-methyl/N-ethyl adjacent to an activating group) is 1. The van der Waals surface area contributed by atoms with Crippen molar-refractivity contribution >= 4 is 11.8 Å². The molecule has 4 aliphatic rings. The second-order valence-electron chi connectivity index (χ2n) is 8.98. The molecule has 2 amide bonds. The van der Waals surface area contributed by atoms with Crippen molar-refractivity contribution in [1.29, 1.82) is 0 Å². The van der Waals surface area contributed by atoms with E-state index in [4.69, 9.17) is 0 Å². The molecule has 4 bridgehead atoms. The van der Waals surface area contributed by atoms with E-state index in [2.05, 4.69) is 41.0 Å². The molecule has 5 rings (SSSR count). The third kappa shape index (κ3) is 2.83. The zero-order valence-electron chi connectivity index (χ0n) is 15.9. The van der Waals surface area contributed by atoms with Gasteiger partial charge in [-0.1, -0.05) is 30.3 Å². The van der Waals surface area contributed by atoms with Gasteiger partial charge in [0.15, 0.2) is 0 Å². The van der Waals surface area contributed by atoms with Crippen LogP contribution in [0.15, 0.2) is 30.3 Å². The molecule has 4 fully saturated rings. The molecule has 0 aliphatic heterocycles. The Kier molecular flexibility index (Phi) is 4.32. The highest BCUT2D eigenvalue weighted by molar-refractivity contribution is 5.90. The third-order valence-electron chi connectivity index (χ3n) is 7.02. The molecule has 5 atom stereocenters. The van der Waals surface area contributed by atoms with Crippen molar-refractivity contribution < 1.29 is 9.59 Å². The van der Waals surface area contributed by atoms with Crippen LogP contribution in [0.25, 0.3) is 0 Å². The molecule has 2 unspecified atom stereocenters. The Bertz CT molecular complexity index is 685. The molecule has 4 heteroatoms. The normalized spacial score (nSPS) is 35.8. The van der Waals surface area contributed by atoms with Gasteiger partial charge < -0.3 is 10.6 Å². The molecule has 0 spiro atoms. The van der Waals surface area contributed by atoms with Gasteiger partial charge in [0.25, 0.3) is 0 Å². The molecule has 0 aromatic heterocycles. The van der Waals surface area contributed by atoms with E-state index in [9.17, 15) is 9.59 Å². The molecule has 2 N–H and O–H groups in total. The fourth-order valence-electron chi connectivity index (χ4n) is 6.40. The summed E-state index contributed by atoms with van der Waals surface area (Å²) in [5.41, 5.74) is 1.27. The lowest BCUT2D eigenvalue weighted by Crippen LogP contribution is -2.60. The van der Waals surface area contributed by atoms with Gasteiger partial charge in [0.2, 0.25) is 11.8 Å². The molecule has 140 valence electrons. The van der Waals surface area contributed by atoms with Crippen LogP contribution in [0.1, 0.15) is 57.9 Å². The Morgan fingerprint density at radius 3 is 2.38 bits per heavy atom. The average molecular weight is 354 g/mol. The summed E-state index contributed by atoms with van der Waals surface area (Å²) >= 11 is 0. The highest BCUT2D eigenvalue weighted by atomic mass is 16.2. The predicted octanol–water partition coefficient (Wildman–Crippen LogP) is 3.17. The number of amides is 2. The Balaban J connectivity index is 1.58. The number of rotatable bonds is 5. The fraction of sp³-hybridized carbons (Fsp3) is 0.636. The second kappa shape index (κ2) is 6.40. The fourth-order valence-corrected chi connectivity index (χ4v) is 6.40. The highest BCUT2D eigenvalue weighted by Crippen LogP contribution is 2.65. The first kappa shape index (κ1) is 17.6. The molecule has 0 saturated heterocycles. The van der Waals surface area contributed by atoms with E-state index < -0.39 is 6.04 Å². The highest BCUT2D eigenvalue weighted by Gasteiger charge is 2.61. The zero-order valence-corrected chi connectivity index (χ0v) is 15.9. The maximum absolute atomic E-state index is 13.3. The summed E-state index contributed by atoms with van der Waals surface area (Å²) in [6, 6.07) is 10.3. The summed E-state index contributed by atoms with van der Waals surface area (Å²) < 4.78 is 0. The topological polar surface area (TPSA) is 58.2 Å². The number of nitrogens with one attached hydrogen (secondary N) is 2. The molecule has 1 aromatic rings. The van der Waals surface area contributed by atoms with Crippen molar-refractivity contribution in [3.63, 3.8) is 0 Å². The number of hydrogen-bond acceptors (Lipinski definition) is 2. The maximum Gasteiger partial charge on any atom is 0.242 e. The number of benzene rings is 1. The smallest absolute Gasteiger partial charge is 0.242 e. The Labute approximate surface area is 156 Å². The van der Waals surface area contributed by atoms with E-state index >= 15 is 0 Å². The van der Waals surface area contributed by atoms with Crippen LogP contribution in [0, 0.1) is 17.3 Å². The third-order valence-corrected chi connectivity index (χ3v) is 7.02. The van der Waals surface area contributed by atoms with Gasteiger partial charge in [0.1, 0.15) is 6.04 Å². The first-order valence-corrected chi connectivity index (χ1v) is 10.1. The summed E-state index contributed by atoms with van der Waals surface area (Å²) in [4.78, 5) is 25.4. The summed E-state index contributed by atoms with van der Waals surface area (Å²) in [5, 5.41) is 5.84. The van der Waals surface area contributed by atoms with E-state index in [-0.39, 0.29) is 22.6 Å². The van der Waals surface area contributed by atoms with Crippen LogP contribution in [0.4, 0.5) is 0 Å². The lowest BCUT2D eigenvalue weighted by Gasteiger charge is -2.61. The molecule has 1 aromatic carbocycles. The summed E-state index contributed by atoms with van der Waals surface area (Å²) in [5.74, 6) is 1.29. The summed E-state index contributed by atoms with van der Waals surface area (Å²) in [7, 11) is 0. The van der Waals surface area contributed by atoms with E-state index in [1.807, 2.05) is 6.92 Å². The maximum atomic E-state index is 13.3. The molecule has 0 radical (unpaired) electrons. The van der Waals surface area contributed by atoms with Crippen molar-refractivity contribution in [3.05, 3.63) is 35.9 Å². The van der Waals surface area contributed by atoms with Crippen molar-refractivity contribution in [2.75, 3.05) is 6.54 Å². The van der Waals surface area contributed by atoms with E-state index in [0.717, 1.165) is 19.3 Å².